The standard InChI is InChI=1S/C27H30N4O4S/c1-3-35-21-8-9-22-23(15-21)36-27(28-22)29-25(33)18-10-12-30(13-11-18)26(34)19-14-24(32)31(16-19)20-6-4-17(2)5-7-20/h4-9,15,18-19H,3,10-14,16H2,1-2H3,(H,28,29,33). The van der Waals surface area contributed by atoms with E-state index in [-0.39, 0.29) is 36.0 Å². The van der Waals surface area contributed by atoms with Crippen molar-refractivity contribution < 1.29 is 19.1 Å². The highest BCUT2D eigenvalue weighted by molar-refractivity contribution is 7.22. The van der Waals surface area contributed by atoms with Gasteiger partial charge in [-0.15, -0.1) is 0 Å². The van der Waals surface area contributed by atoms with Gasteiger partial charge in [-0.1, -0.05) is 29.0 Å². The van der Waals surface area contributed by atoms with Gasteiger partial charge in [-0.2, -0.15) is 0 Å². The second kappa shape index (κ2) is 10.3. The van der Waals surface area contributed by atoms with Crippen molar-refractivity contribution in [2.24, 2.45) is 11.8 Å². The molecule has 1 N–H and O–H groups in total. The fourth-order valence-electron chi connectivity index (χ4n) is 4.89. The summed E-state index contributed by atoms with van der Waals surface area (Å²) in [6, 6.07) is 13.5. The van der Waals surface area contributed by atoms with Gasteiger partial charge < -0.3 is 19.9 Å². The van der Waals surface area contributed by atoms with Gasteiger partial charge in [-0.25, -0.2) is 4.98 Å². The van der Waals surface area contributed by atoms with Gasteiger partial charge in [-0.05, 0) is 57.0 Å². The minimum atomic E-state index is -0.339. The number of carbonyl (C=O) groups excluding carboxylic acids is 3. The topological polar surface area (TPSA) is 91.8 Å². The SMILES string of the molecule is CCOc1ccc2nc(NC(=O)C3CCN(C(=O)C4CC(=O)N(c5ccc(C)cc5)C4)CC3)sc2c1. The highest BCUT2D eigenvalue weighted by Gasteiger charge is 2.38. The Morgan fingerprint density at radius 2 is 1.86 bits per heavy atom. The highest BCUT2D eigenvalue weighted by atomic mass is 32.1. The van der Waals surface area contributed by atoms with E-state index in [4.69, 9.17) is 4.74 Å². The van der Waals surface area contributed by atoms with Crippen LogP contribution >= 0.6 is 11.3 Å². The molecule has 3 amide bonds. The average Bonchev–Trinajstić information content (AvgIpc) is 3.47. The second-order valence-electron chi connectivity index (χ2n) is 9.41. The Balaban J connectivity index is 1.14. The molecule has 0 saturated carbocycles. The molecule has 188 valence electrons. The number of nitrogens with zero attached hydrogens (tertiary/aromatic N) is 3. The quantitative estimate of drug-likeness (QED) is 0.540. The van der Waals surface area contributed by atoms with E-state index in [1.807, 2.05) is 61.2 Å². The molecule has 1 atom stereocenters. The number of benzene rings is 2. The van der Waals surface area contributed by atoms with Crippen molar-refractivity contribution in [2.75, 3.05) is 36.5 Å². The van der Waals surface area contributed by atoms with E-state index >= 15 is 0 Å². The van der Waals surface area contributed by atoms with E-state index in [0.717, 1.165) is 27.2 Å². The Morgan fingerprint density at radius 3 is 2.58 bits per heavy atom. The van der Waals surface area contributed by atoms with Gasteiger partial charge in [0.05, 0.1) is 22.7 Å². The number of hydrogen-bond donors (Lipinski definition) is 1. The van der Waals surface area contributed by atoms with Gasteiger partial charge in [-0.3, -0.25) is 14.4 Å². The fourth-order valence-corrected chi connectivity index (χ4v) is 5.79. The number of aromatic nitrogens is 1. The van der Waals surface area contributed by atoms with Crippen LogP contribution in [0, 0.1) is 18.8 Å². The number of thiazole rings is 1. The number of amides is 3. The molecule has 3 heterocycles. The molecule has 2 aromatic carbocycles. The van der Waals surface area contributed by atoms with Crippen LogP contribution in [-0.4, -0.2) is 53.8 Å². The number of hydrogen-bond acceptors (Lipinski definition) is 6. The van der Waals surface area contributed by atoms with Gasteiger partial charge in [0.25, 0.3) is 0 Å². The Bertz CT molecular complexity index is 1280. The van der Waals surface area contributed by atoms with Crippen molar-refractivity contribution in [1.82, 2.24) is 9.88 Å². The molecular formula is C27H30N4O4S. The lowest BCUT2D eigenvalue weighted by atomic mass is 9.94. The molecule has 8 nitrogen and oxygen atoms in total. The number of carbonyl (C=O) groups is 3. The fraction of sp³-hybridized carbons (Fsp3) is 0.407. The Kier molecular flexibility index (Phi) is 6.91. The molecule has 0 radical (unpaired) electrons. The Morgan fingerprint density at radius 1 is 1.11 bits per heavy atom. The van der Waals surface area contributed by atoms with Crippen molar-refractivity contribution in [3.05, 3.63) is 48.0 Å². The number of fused-ring (bicyclic) bond motifs is 1. The zero-order valence-electron chi connectivity index (χ0n) is 20.5. The minimum absolute atomic E-state index is 0.00750. The number of likely N-dealkylation sites (tertiary alicyclic amines) is 1. The molecule has 2 saturated heterocycles. The maximum absolute atomic E-state index is 13.1. The summed E-state index contributed by atoms with van der Waals surface area (Å²) < 4.78 is 6.50. The monoisotopic (exact) mass is 506 g/mol. The van der Waals surface area contributed by atoms with Crippen LogP contribution in [-0.2, 0) is 14.4 Å². The van der Waals surface area contributed by atoms with E-state index in [0.29, 0.717) is 44.2 Å². The van der Waals surface area contributed by atoms with E-state index in [1.54, 1.807) is 4.90 Å². The Labute approximate surface area is 214 Å². The third kappa shape index (κ3) is 5.06. The second-order valence-corrected chi connectivity index (χ2v) is 10.4. The van der Waals surface area contributed by atoms with Gasteiger partial charge in [0.2, 0.25) is 17.7 Å². The van der Waals surface area contributed by atoms with E-state index in [1.165, 1.54) is 11.3 Å². The van der Waals surface area contributed by atoms with E-state index in [9.17, 15) is 14.4 Å². The minimum Gasteiger partial charge on any atom is -0.494 e. The molecule has 9 heteroatoms. The zero-order chi connectivity index (χ0) is 25.2. The number of anilines is 2. The molecule has 36 heavy (non-hydrogen) atoms. The third-order valence-electron chi connectivity index (χ3n) is 6.90. The summed E-state index contributed by atoms with van der Waals surface area (Å²) in [4.78, 5) is 46.7. The Hall–Kier alpha value is -3.46. The molecular weight excluding hydrogens is 476 g/mol. The van der Waals surface area contributed by atoms with Crippen LogP contribution < -0.4 is 15.0 Å². The molecule has 2 aliphatic rings. The summed E-state index contributed by atoms with van der Waals surface area (Å²) in [5, 5.41) is 3.53. The first-order chi connectivity index (χ1) is 17.4. The van der Waals surface area contributed by atoms with Crippen LogP contribution in [0.3, 0.4) is 0 Å². The zero-order valence-corrected chi connectivity index (χ0v) is 21.3. The molecule has 2 aliphatic heterocycles. The first kappa shape index (κ1) is 24.2. The molecule has 1 aromatic heterocycles. The molecule has 3 aromatic rings. The number of rotatable bonds is 6. The van der Waals surface area contributed by atoms with Crippen LogP contribution in [0.1, 0.15) is 31.7 Å². The molecule has 0 spiro atoms. The summed E-state index contributed by atoms with van der Waals surface area (Å²) in [6.45, 7) is 5.98. The summed E-state index contributed by atoms with van der Waals surface area (Å²) in [5.74, 6) is 0.203. The van der Waals surface area contributed by atoms with Crippen molar-refractivity contribution in [2.45, 2.75) is 33.1 Å². The first-order valence-corrected chi connectivity index (χ1v) is 13.2. The number of nitrogens with one attached hydrogen (secondary N) is 1. The van der Waals surface area contributed by atoms with Gasteiger partial charge >= 0.3 is 0 Å². The lowest BCUT2D eigenvalue weighted by molar-refractivity contribution is -0.138. The van der Waals surface area contributed by atoms with Crippen LogP contribution in [0.25, 0.3) is 10.2 Å². The van der Waals surface area contributed by atoms with Gasteiger partial charge in [0, 0.05) is 37.7 Å². The smallest absolute Gasteiger partial charge is 0.229 e. The first-order valence-electron chi connectivity index (χ1n) is 12.4. The van der Waals surface area contributed by atoms with Crippen molar-refractivity contribution >= 4 is 50.1 Å². The summed E-state index contributed by atoms with van der Waals surface area (Å²) >= 11 is 1.43. The van der Waals surface area contributed by atoms with Crippen molar-refractivity contribution in [3.8, 4) is 5.75 Å². The summed E-state index contributed by atoms with van der Waals surface area (Å²) in [6.07, 6.45) is 1.42. The van der Waals surface area contributed by atoms with E-state index in [2.05, 4.69) is 10.3 Å². The average molecular weight is 507 g/mol. The third-order valence-corrected chi connectivity index (χ3v) is 7.83. The van der Waals surface area contributed by atoms with Crippen LogP contribution in [0.2, 0.25) is 0 Å². The van der Waals surface area contributed by atoms with Crippen LogP contribution in [0.4, 0.5) is 10.8 Å². The largest absolute Gasteiger partial charge is 0.494 e. The number of aryl methyl sites for hydroxylation is 1. The van der Waals surface area contributed by atoms with Crippen molar-refractivity contribution in [1.29, 1.82) is 0 Å². The normalized spacial score (nSPS) is 18.6. The van der Waals surface area contributed by atoms with Crippen molar-refractivity contribution in [3.63, 3.8) is 0 Å². The maximum atomic E-state index is 13.1. The summed E-state index contributed by atoms with van der Waals surface area (Å²) in [7, 11) is 0. The predicted octanol–water partition coefficient (Wildman–Crippen LogP) is 4.23. The van der Waals surface area contributed by atoms with Crippen LogP contribution in [0.5, 0.6) is 5.75 Å². The summed E-state index contributed by atoms with van der Waals surface area (Å²) in [5.41, 5.74) is 2.79. The molecule has 0 bridgehead atoms. The van der Waals surface area contributed by atoms with Gasteiger partial charge in [0.1, 0.15) is 5.75 Å². The maximum Gasteiger partial charge on any atom is 0.229 e. The molecule has 5 rings (SSSR count). The molecule has 1 unspecified atom stereocenters. The van der Waals surface area contributed by atoms with Crippen LogP contribution in [0.15, 0.2) is 42.5 Å². The number of ether oxygens (including phenoxy) is 1. The van der Waals surface area contributed by atoms with Gasteiger partial charge in [0.15, 0.2) is 5.13 Å². The van der Waals surface area contributed by atoms with E-state index < -0.39 is 0 Å². The lowest BCUT2D eigenvalue weighted by Crippen LogP contribution is -2.44. The molecule has 0 aliphatic carbocycles. The molecule has 2 fully saturated rings. The highest BCUT2D eigenvalue weighted by Crippen LogP contribution is 2.31. The lowest BCUT2D eigenvalue weighted by Gasteiger charge is -2.32. The predicted molar refractivity (Wildman–Crippen MR) is 140 cm³/mol. The number of piperidine rings is 1.